The van der Waals surface area contributed by atoms with Gasteiger partial charge in [-0.1, -0.05) is 23.2 Å². The van der Waals surface area contributed by atoms with E-state index in [0.717, 1.165) is 6.07 Å². The van der Waals surface area contributed by atoms with Gasteiger partial charge in [0.2, 0.25) is 0 Å². The fourth-order valence-electron chi connectivity index (χ4n) is 1.67. The lowest BCUT2D eigenvalue weighted by molar-refractivity contribution is 0.102. The van der Waals surface area contributed by atoms with Crippen molar-refractivity contribution in [3.63, 3.8) is 0 Å². The summed E-state index contributed by atoms with van der Waals surface area (Å²) in [6, 6.07) is 2.93. The molecule has 2 aromatic rings. The number of hydrogen-bond acceptors (Lipinski definition) is 3. The van der Waals surface area contributed by atoms with E-state index in [1.165, 1.54) is 6.07 Å². The number of pyridine rings is 1. The first-order chi connectivity index (χ1) is 9.79. The van der Waals surface area contributed by atoms with Crippen LogP contribution in [0.3, 0.4) is 0 Å². The van der Waals surface area contributed by atoms with Crippen LogP contribution in [0.15, 0.2) is 18.2 Å². The molecular formula is C13H9Cl2F2N3O. The number of amides is 1. The van der Waals surface area contributed by atoms with Gasteiger partial charge in [0.1, 0.15) is 16.8 Å². The van der Waals surface area contributed by atoms with Crippen LogP contribution in [-0.4, -0.2) is 10.9 Å². The molecule has 1 amide bonds. The SMILES string of the molecule is Cc1cc(Cl)nc(Cl)c1NC(=O)c1cc(N)c(F)cc1F. The van der Waals surface area contributed by atoms with Crippen LogP contribution in [0.25, 0.3) is 0 Å². The molecule has 0 atom stereocenters. The van der Waals surface area contributed by atoms with E-state index in [0.29, 0.717) is 11.6 Å². The maximum Gasteiger partial charge on any atom is 0.258 e. The average Bonchev–Trinajstić information content (AvgIpc) is 2.37. The molecule has 0 fully saturated rings. The molecule has 1 aromatic carbocycles. The molecule has 0 aliphatic heterocycles. The van der Waals surface area contributed by atoms with Crippen LogP contribution in [0.1, 0.15) is 15.9 Å². The third-order valence-electron chi connectivity index (χ3n) is 2.71. The second-order valence-corrected chi connectivity index (χ2v) is 4.98. The van der Waals surface area contributed by atoms with Gasteiger partial charge >= 0.3 is 0 Å². The van der Waals surface area contributed by atoms with Crippen molar-refractivity contribution in [2.24, 2.45) is 0 Å². The number of nitrogens with zero attached hydrogens (tertiary/aromatic N) is 1. The minimum absolute atomic E-state index is 0.0381. The molecule has 1 aromatic heterocycles. The molecule has 110 valence electrons. The molecule has 0 bridgehead atoms. The largest absolute Gasteiger partial charge is 0.396 e. The van der Waals surface area contributed by atoms with Gasteiger partial charge in [-0.25, -0.2) is 13.8 Å². The molecule has 0 aliphatic rings. The maximum atomic E-state index is 13.6. The molecular weight excluding hydrogens is 323 g/mol. The van der Waals surface area contributed by atoms with E-state index in [1.807, 2.05) is 0 Å². The normalized spacial score (nSPS) is 10.5. The first kappa shape index (κ1) is 15.5. The Morgan fingerprint density at radius 2 is 1.90 bits per heavy atom. The first-order valence-corrected chi connectivity index (χ1v) is 6.43. The minimum atomic E-state index is -1.03. The molecule has 21 heavy (non-hydrogen) atoms. The van der Waals surface area contributed by atoms with E-state index in [1.54, 1.807) is 6.92 Å². The Kier molecular flexibility index (Phi) is 4.29. The number of aromatic nitrogens is 1. The Hall–Kier alpha value is -1.92. The zero-order chi connectivity index (χ0) is 15.7. The first-order valence-electron chi connectivity index (χ1n) is 5.68. The number of anilines is 2. The van der Waals surface area contributed by atoms with E-state index in [4.69, 9.17) is 28.9 Å². The van der Waals surface area contributed by atoms with Crippen molar-refractivity contribution in [3.8, 4) is 0 Å². The zero-order valence-electron chi connectivity index (χ0n) is 10.7. The topological polar surface area (TPSA) is 68.0 Å². The van der Waals surface area contributed by atoms with E-state index < -0.39 is 23.1 Å². The number of nitrogens with one attached hydrogen (secondary N) is 1. The predicted octanol–water partition coefficient (Wildman–Crippen LogP) is 3.81. The summed E-state index contributed by atoms with van der Waals surface area (Å²) < 4.78 is 26.7. The fraction of sp³-hybridized carbons (Fsp3) is 0.0769. The number of nitrogen functional groups attached to an aromatic ring is 1. The average molecular weight is 332 g/mol. The minimum Gasteiger partial charge on any atom is -0.396 e. The standard InChI is InChI=1S/C13H9Cl2F2N3O/c1-5-2-10(14)19-12(15)11(5)20-13(21)6-3-9(18)8(17)4-7(6)16/h2-4H,18H2,1H3,(H,20,21). The quantitative estimate of drug-likeness (QED) is 0.649. The van der Waals surface area contributed by atoms with Gasteiger partial charge in [0.25, 0.3) is 5.91 Å². The molecule has 1 heterocycles. The second kappa shape index (κ2) is 5.83. The number of carbonyl (C=O) groups is 1. The number of benzene rings is 1. The van der Waals surface area contributed by atoms with Crippen molar-refractivity contribution in [1.82, 2.24) is 4.98 Å². The van der Waals surface area contributed by atoms with Gasteiger partial charge in [-0.05, 0) is 24.6 Å². The number of hydrogen-bond donors (Lipinski definition) is 2. The van der Waals surface area contributed by atoms with Gasteiger partial charge in [0.05, 0.1) is 16.9 Å². The highest BCUT2D eigenvalue weighted by atomic mass is 35.5. The van der Waals surface area contributed by atoms with Crippen molar-refractivity contribution in [1.29, 1.82) is 0 Å². The van der Waals surface area contributed by atoms with Crippen molar-refractivity contribution < 1.29 is 13.6 Å². The lowest BCUT2D eigenvalue weighted by atomic mass is 10.1. The van der Waals surface area contributed by atoms with Crippen LogP contribution in [0.4, 0.5) is 20.2 Å². The Morgan fingerprint density at radius 1 is 1.24 bits per heavy atom. The monoisotopic (exact) mass is 331 g/mol. The van der Waals surface area contributed by atoms with Gasteiger partial charge in [0, 0.05) is 6.07 Å². The Balaban J connectivity index is 2.37. The van der Waals surface area contributed by atoms with Gasteiger partial charge in [-0.2, -0.15) is 0 Å². The highest BCUT2D eigenvalue weighted by Gasteiger charge is 2.18. The van der Waals surface area contributed by atoms with Crippen LogP contribution in [0.2, 0.25) is 10.3 Å². The van der Waals surface area contributed by atoms with Crippen molar-refractivity contribution in [3.05, 3.63) is 51.3 Å². The van der Waals surface area contributed by atoms with Gasteiger partial charge in [-0.3, -0.25) is 4.79 Å². The summed E-state index contributed by atoms with van der Waals surface area (Å²) in [4.78, 5) is 15.8. The van der Waals surface area contributed by atoms with Crippen molar-refractivity contribution >= 4 is 40.5 Å². The molecule has 0 aliphatic carbocycles. The van der Waals surface area contributed by atoms with Crippen LogP contribution in [0, 0.1) is 18.6 Å². The van der Waals surface area contributed by atoms with Gasteiger partial charge in [0.15, 0.2) is 5.15 Å². The zero-order valence-corrected chi connectivity index (χ0v) is 12.2. The van der Waals surface area contributed by atoms with Crippen LogP contribution in [0.5, 0.6) is 0 Å². The summed E-state index contributed by atoms with van der Waals surface area (Å²) in [6.07, 6.45) is 0. The number of halogens is 4. The predicted molar refractivity (Wildman–Crippen MR) is 77.7 cm³/mol. The van der Waals surface area contributed by atoms with E-state index in [-0.39, 0.29) is 21.7 Å². The third kappa shape index (κ3) is 3.22. The molecule has 0 unspecified atom stereocenters. The van der Waals surface area contributed by atoms with Crippen LogP contribution >= 0.6 is 23.2 Å². The smallest absolute Gasteiger partial charge is 0.258 e. The Morgan fingerprint density at radius 3 is 2.52 bits per heavy atom. The summed E-state index contributed by atoms with van der Waals surface area (Å²) in [5.74, 6) is -2.80. The maximum absolute atomic E-state index is 13.6. The van der Waals surface area contributed by atoms with Crippen LogP contribution in [-0.2, 0) is 0 Å². The van der Waals surface area contributed by atoms with Gasteiger partial charge in [-0.15, -0.1) is 0 Å². The van der Waals surface area contributed by atoms with E-state index in [2.05, 4.69) is 10.3 Å². The summed E-state index contributed by atoms with van der Waals surface area (Å²) in [5.41, 5.74) is 5.32. The molecule has 0 radical (unpaired) electrons. The summed E-state index contributed by atoms with van der Waals surface area (Å²) >= 11 is 11.6. The fourth-order valence-corrected chi connectivity index (χ4v) is 2.25. The van der Waals surface area contributed by atoms with Gasteiger partial charge < -0.3 is 11.1 Å². The van der Waals surface area contributed by atoms with Crippen LogP contribution < -0.4 is 11.1 Å². The summed E-state index contributed by atoms with van der Waals surface area (Å²) in [7, 11) is 0. The molecule has 8 heteroatoms. The van der Waals surface area contributed by atoms with Crippen molar-refractivity contribution in [2.75, 3.05) is 11.1 Å². The third-order valence-corrected chi connectivity index (χ3v) is 3.18. The van der Waals surface area contributed by atoms with E-state index >= 15 is 0 Å². The highest BCUT2D eigenvalue weighted by Crippen LogP contribution is 2.27. The molecule has 0 saturated heterocycles. The lowest BCUT2D eigenvalue weighted by Crippen LogP contribution is -2.16. The number of rotatable bonds is 2. The summed E-state index contributed by atoms with van der Waals surface area (Å²) in [6.45, 7) is 1.64. The highest BCUT2D eigenvalue weighted by molar-refractivity contribution is 6.35. The molecule has 0 saturated carbocycles. The number of carbonyl (C=O) groups excluding carboxylic acids is 1. The lowest BCUT2D eigenvalue weighted by Gasteiger charge is -2.11. The molecule has 2 rings (SSSR count). The molecule has 0 spiro atoms. The number of aryl methyl sites for hydroxylation is 1. The van der Waals surface area contributed by atoms with Crippen molar-refractivity contribution in [2.45, 2.75) is 6.92 Å². The Labute approximate surface area is 128 Å². The molecule has 4 nitrogen and oxygen atoms in total. The second-order valence-electron chi connectivity index (χ2n) is 4.24. The number of nitrogens with two attached hydrogens (primary N) is 1. The Bertz CT molecular complexity index is 715. The molecule has 3 N–H and O–H groups in total. The summed E-state index contributed by atoms with van der Waals surface area (Å²) in [5, 5.41) is 2.52. The van der Waals surface area contributed by atoms with E-state index in [9.17, 15) is 13.6 Å².